The maximum atomic E-state index is 7.59. The van der Waals surface area contributed by atoms with Crippen LogP contribution in [0.3, 0.4) is 0 Å². The third-order valence-corrected chi connectivity index (χ3v) is 5.03. The van der Waals surface area contributed by atoms with Crippen molar-refractivity contribution in [2.45, 2.75) is 32.6 Å². The Morgan fingerprint density at radius 3 is 2.80 bits per heavy atom. The van der Waals surface area contributed by atoms with Crippen molar-refractivity contribution in [2.24, 2.45) is 23.5 Å². The molecule has 0 amide bonds. The van der Waals surface area contributed by atoms with E-state index in [1.54, 1.807) is 0 Å². The first-order chi connectivity index (χ1) is 9.52. The van der Waals surface area contributed by atoms with Crippen LogP contribution in [0, 0.1) is 30.1 Å². The third-order valence-electron chi connectivity index (χ3n) is 5.03. The molecule has 0 radical (unpaired) electrons. The smallest absolute Gasteiger partial charge is 0.129 e. The second-order valence-corrected chi connectivity index (χ2v) is 6.58. The van der Waals surface area contributed by atoms with E-state index in [1.807, 2.05) is 19.1 Å². The first kappa shape index (κ1) is 13.4. The number of fused-ring (bicyclic) bond motifs is 2. The van der Waals surface area contributed by atoms with Crippen molar-refractivity contribution in [3.8, 4) is 0 Å². The molecule has 3 rings (SSSR count). The van der Waals surface area contributed by atoms with E-state index < -0.39 is 0 Å². The molecule has 4 nitrogen and oxygen atoms in total. The van der Waals surface area contributed by atoms with Crippen LogP contribution >= 0.6 is 0 Å². The second-order valence-electron chi connectivity index (χ2n) is 6.58. The summed E-state index contributed by atoms with van der Waals surface area (Å²) in [6, 6.07) is 3.81. The molecule has 1 aromatic heterocycles. The molecule has 2 fully saturated rings. The molecule has 3 N–H and O–H groups in total. The molecule has 0 spiro atoms. The summed E-state index contributed by atoms with van der Waals surface area (Å²) >= 11 is 0. The zero-order chi connectivity index (χ0) is 14.3. The molecule has 4 heteroatoms. The van der Waals surface area contributed by atoms with Crippen molar-refractivity contribution in [3.05, 3.63) is 23.4 Å². The molecular formula is C16H24N4. The van der Waals surface area contributed by atoms with E-state index >= 15 is 0 Å². The van der Waals surface area contributed by atoms with Gasteiger partial charge in [0.1, 0.15) is 11.7 Å². The van der Waals surface area contributed by atoms with Gasteiger partial charge in [0.15, 0.2) is 0 Å². The van der Waals surface area contributed by atoms with Crippen molar-refractivity contribution in [1.29, 1.82) is 5.41 Å². The lowest BCUT2D eigenvalue weighted by molar-refractivity contribution is 0.337. The van der Waals surface area contributed by atoms with Gasteiger partial charge in [0.25, 0.3) is 0 Å². The molecule has 2 aliphatic rings. The number of hydrogen-bond donors (Lipinski definition) is 2. The fourth-order valence-electron chi connectivity index (χ4n) is 4.05. The van der Waals surface area contributed by atoms with Crippen molar-refractivity contribution in [2.75, 3.05) is 18.5 Å². The molecule has 2 aliphatic carbocycles. The fraction of sp³-hybridized carbons (Fsp3) is 0.625. The van der Waals surface area contributed by atoms with E-state index in [4.69, 9.17) is 11.1 Å². The van der Waals surface area contributed by atoms with Crippen LogP contribution in [0.25, 0.3) is 0 Å². The second kappa shape index (κ2) is 5.08. The van der Waals surface area contributed by atoms with Crippen molar-refractivity contribution in [1.82, 2.24) is 4.98 Å². The summed E-state index contributed by atoms with van der Waals surface area (Å²) in [6.07, 6.45) is 5.70. The zero-order valence-corrected chi connectivity index (χ0v) is 12.4. The maximum Gasteiger partial charge on any atom is 0.129 e. The summed E-state index contributed by atoms with van der Waals surface area (Å²) in [7, 11) is 2.11. The Kier molecular flexibility index (Phi) is 3.40. The number of pyridine rings is 1. The highest BCUT2D eigenvalue weighted by molar-refractivity contribution is 5.95. The van der Waals surface area contributed by atoms with Crippen molar-refractivity contribution < 1.29 is 0 Å². The Hall–Kier alpha value is -1.58. The minimum absolute atomic E-state index is 0.116. The lowest BCUT2D eigenvalue weighted by Gasteiger charge is -2.28. The molecule has 2 saturated carbocycles. The van der Waals surface area contributed by atoms with Gasteiger partial charge in [0, 0.05) is 24.8 Å². The van der Waals surface area contributed by atoms with Crippen LogP contribution in [-0.2, 0) is 0 Å². The van der Waals surface area contributed by atoms with Crippen LogP contribution in [0.4, 0.5) is 5.82 Å². The number of amidine groups is 1. The third kappa shape index (κ3) is 2.51. The van der Waals surface area contributed by atoms with Gasteiger partial charge in [-0.2, -0.15) is 0 Å². The number of nitrogens with two attached hydrogens (primary N) is 1. The van der Waals surface area contributed by atoms with Gasteiger partial charge in [-0.1, -0.05) is 6.42 Å². The average Bonchev–Trinajstić information content (AvgIpc) is 3.00. The monoisotopic (exact) mass is 272 g/mol. The number of aromatic nitrogens is 1. The number of nitrogens with one attached hydrogen (secondary N) is 1. The molecule has 0 saturated heterocycles. The Labute approximate surface area is 120 Å². The Morgan fingerprint density at radius 1 is 1.40 bits per heavy atom. The number of nitrogen functional groups attached to an aromatic ring is 1. The van der Waals surface area contributed by atoms with Gasteiger partial charge in [-0.05, 0) is 56.1 Å². The Bertz CT molecular complexity index is 525. The van der Waals surface area contributed by atoms with Gasteiger partial charge < -0.3 is 10.6 Å². The summed E-state index contributed by atoms with van der Waals surface area (Å²) in [5.41, 5.74) is 7.30. The van der Waals surface area contributed by atoms with Crippen molar-refractivity contribution >= 4 is 11.7 Å². The van der Waals surface area contributed by atoms with Gasteiger partial charge in [-0.25, -0.2) is 4.98 Å². The van der Waals surface area contributed by atoms with E-state index in [9.17, 15) is 0 Å². The number of anilines is 1. The molecule has 0 aromatic carbocycles. The molecule has 108 valence electrons. The maximum absolute atomic E-state index is 7.59. The number of aryl methyl sites for hydroxylation is 1. The SMILES string of the molecule is Cc1cc(C(=N)N)cc(N(C)CC2CC3CCC2C3)n1. The number of rotatable bonds is 4. The topological polar surface area (TPSA) is 66.0 Å². The van der Waals surface area contributed by atoms with Crippen LogP contribution in [0.15, 0.2) is 12.1 Å². The molecule has 1 heterocycles. The molecule has 1 aromatic rings. The van der Waals surface area contributed by atoms with E-state index in [0.29, 0.717) is 0 Å². The molecule has 0 aliphatic heterocycles. The van der Waals surface area contributed by atoms with Crippen LogP contribution in [-0.4, -0.2) is 24.4 Å². The van der Waals surface area contributed by atoms with Crippen LogP contribution in [0.5, 0.6) is 0 Å². The van der Waals surface area contributed by atoms with Gasteiger partial charge in [0.2, 0.25) is 0 Å². The summed E-state index contributed by atoms with van der Waals surface area (Å²) in [6.45, 7) is 3.04. The van der Waals surface area contributed by atoms with Gasteiger partial charge in [0.05, 0.1) is 0 Å². The van der Waals surface area contributed by atoms with Gasteiger partial charge in [-0.15, -0.1) is 0 Å². The van der Waals surface area contributed by atoms with E-state index in [1.165, 1.54) is 25.7 Å². The lowest BCUT2D eigenvalue weighted by Crippen LogP contribution is -2.29. The summed E-state index contributed by atoms with van der Waals surface area (Å²) in [4.78, 5) is 6.83. The van der Waals surface area contributed by atoms with Gasteiger partial charge >= 0.3 is 0 Å². The predicted molar refractivity (Wildman–Crippen MR) is 82.2 cm³/mol. The fourth-order valence-corrected chi connectivity index (χ4v) is 4.05. The van der Waals surface area contributed by atoms with Crippen LogP contribution < -0.4 is 10.6 Å². The molecule has 2 bridgehead atoms. The quantitative estimate of drug-likeness (QED) is 0.654. The minimum Gasteiger partial charge on any atom is -0.384 e. The van der Waals surface area contributed by atoms with Crippen LogP contribution in [0.2, 0.25) is 0 Å². The first-order valence-corrected chi connectivity index (χ1v) is 7.57. The van der Waals surface area contributed by atoms with Crippen molar-refractivity contribution in [3.63, 3.8) is 0 Å². The molecular weight excluding hydrogens is 248 g/mol. The van der Waals surface area contributed by atoms with Gasteiger partial charge in [-0.3, -0.25) is 5.41 Å². The van der Waals surface area contributed by atoms with Crippen LogP contribution in [0.1, 0.15) is 36.9 Å². The predicted octanol–water partition coefficient (Wildman–Crippen LogP) is 2.55. The van der Waals surface area contributed by atoms with E-state index in [-0.39, 0.29) is 5.84 Å². The standard InChI is InChI=1S/C16H24N4/c1-10-5-13(16(17)18)8-15(19-10)20(2)9-14-7-11-3-4-12(14)6-11/h5,8,11-12,14H,3-4,6-7,9H2,1-2H3,(H3,17,18). The summed E-state index contributed by atoms with van der Waals surface area (Å²) in [5.74, 6) is 3.79. The van der Waals surface area contributed by atoms with E-state index in [0.717, 1.165) is 41.4 Å². The first-order valence-electron chi connectivity index (χ1n) is 7.57. The number of nitrogens with zero attached hydrogens (tertiary/aromatic N) is 2. The summed E-state index contributed by atoms with van der Waals surface area (Å²) in [5, 5.41) is 7.59. The molecule has 3 unspecified atom stereocenters. The largest absolute Gasteiger partial charge is 0.384 e. The summed E-state index contributed by atoms with van der Waals surface area (Å²) < 4.78 is 0. The molecule has 20 heavy (non-hydrogen) atoms. The zero-order valence-electron chi connectivity index (χ0n) is 12.4. The highest BCUT2D eigenvalue weighted by atomic mass is 15.2. The normalized spacial score (nSPS) is 27.8. The highest BCUT2D eigenvalue weighted by Crippen LogP contribution is 2.48. The van der Waals surface area contributed by atoms with E-state index in [2.05, 4.69) is 16.9 Å². The minimum atomic E-state index is 0.116. The average molecular weight is 272 g/mol. The Balaban J connectivity index is 1.73. The lowest BCUT2D eigenvalue weighted by atomic mass is 9.88. The highest BCUT2D eigenvalue weighted by Gasteiger charge is 2.39. The Morgan fingerprint density at radius 2 is 2.20 bits per heavy atom. The number of hydrogen-bond acceptors (Lipinski definition) is 3. The molecule has 3 atom stereocenters.